The molecule has 2 aromatic carbocycles. The summed E-state index contributed by atoms with van der Waals surface area (Å²) in [6, 6.07) is 14.2. The molecule has 21 heavy (non-hydrogen) atoms. The first-order chi connectivity index (χ1) is 10.1. The van der Waals surface area contributed by atoms with Crippen molar-refractivity contribution in [3.05, 3.63) is 80.0 Å². The van der Waals surface area contributed by atoms with Crippen molar-refractivity contribution in [3.63, 3.8) is 0 Å². The third kappa shape index (κ3) is 2.38. The number of para-hydroxylation sites is 1. The van der Waals surface area contributed by atoms with Crippen molar-refractivity contribution in [1.29, 1.82) is 0 Å². The zero-order valence-electron chi connectivity index (χ0n) is 11.4. The molecule has 3 rings (SSSR count). The summed E-state index contributed by atoms with van der Waals surface area (Å²) in [5.74, 6) is 0. The molecule has 0 fully saturated rings. The number of halogens is 1. The summed E-state index contributed by atoms with van der Waals surface area (Å²) >= 11 is 5.85. The molecule has 0 radical (unpaired) electrons. The second-order valence-corrected chi connectivity index (χ2v) is 5.31. The van der Waals surface area contributed by atoms with Crippen LogP contribution in [0.15, 0.2) is 58.1 Å². The van der Waals surface area contributed by atoms with E-state index in [-0.39, 0.29) is 17.8 Å². The summed E-state index contributed by atoms with van der Waals surface area (Å²) in [5, 5.41) is 1.16. The number of rotatable bonds is 2. The Labute approximate surface area is 125 Å². The monoisotopic (exact) mass is 300 g/mol. The molecular weight excluding hydrogens is 288 g/mol. The van der Waals surface area contributed by atoms with Crippen LogP contribution in [0.5, 0.6) is 0 Å². The van der Waals surface area contributed by atoms with Crippen LogP contribution in [0.3, 0.4) is 0 Å². The fourth-order valence-electron chi connectivity index (χ4n) is 2.38. The predicted octanol–water partition coefficient (Wildman–Crippen LogP) is 2.40. The summed E-state index contributed by atoms with van der Waals surface area (Å²) in [4.78, 5) is 24.9. The van der Waals surface area contributed by atoms with E-state index in [2.05, 4.69) is 0 Å². The molecule has 0 saturated carbocycles. The Bertz CT molecular complexity index is 924. The Balaban J connectivity index is 2.21. The summed E-state index contributed by atoms with van der Waals surface area (Å²) in [7, 11) is 1.67. The third-order valence-corrected chi connectivity index (χ3v) is 3.76. The topological polar surface area (TPSA) is 44.0 Å². The first-order valence-electron chi connectivity index (χ1n) is 6.51. The van der Waals surface area contributed by atoms with Crippen molar-refractivity contribution in [2.45, 2.75) is 6.54 Å². The zero-order valence-corrected chi connectivity index (χ0v) is 12.2. The second-order valence-electron chi connectivity index (χ2n) is 4.88. The highest BCUT2D eigenvalue weighted by atomic mass is 35.5. The van der Waals surface area contributed by atoms with Crippen LogP contribution in [0.4, 0.5) is 0 Å². The first kappa shape index (κ1) is 13.6. The molecule has 0 unspecified atom stereocenters. The van der Waals surface area contributed by atoms with Crippen LogP contribution in [0.25, 0.3) is 10.9 Å². The van der Waals surface area contributed by atoms with Gasteiger partial charge in [-0.05, 0) is 29.8 Å². The molecule has 0 aliphatic rings. The fraction of sp³-hybridized carbons (Fsp3) is 0.125. The minimum Gasteiger partial charge on any atom is -0.296 e. The van der Waals surface area contributed by atoms with E-state index in [0.717, 1.165) is 5.56 Å². The molecular formula is C16H13ClN2O2. The largest absolute Gasteiger partial charge is 0.331 e. The van der Waals surface area contributed by atoms with E-state index in [0.29, 0.717) is 15.9 Å². The predicted molar refractivity (Wildman–Crippen MR) is 84.0 cm³/mol. The SMILES string of the molecule is Cn1c(=O)n(Cc2ccc(Cl)cc2)c(=O)c2ccccc21. The van der Waals surface area contributed by atoms with Crippen LogP contribution >= 0.6 is 11.6 Å². The third-order valence-electron chi connectivity index (χ3n) is 3.51. The average Bonchev–Trinajstić information content (AvgIpc) is 2.51. The normalized spacial score (nSPS) is 11.0. The lowest BCUT2D eigenvalue weighted by Crippen LogP contribution is -2.39. The van der Waals surface area contributed by atoms with Gasteiger partial charge in [-0.15, -0.1) is 0 Å². The van der Waals surface area contributed by atoms with E-state index in [4.69, 9.17) is 11.6 Å². The van der Waals surface area contributed by atoms with E-state index in [1.807, 2.05) is 18.2 Å². The van der Waals surface area contributed by atoms with Gasteiger partial charge >= 0.3 is 5.69 Å². The quantitative estimate of drug-likeness (QED) is 0.729. The lowest BCUT2D eigenvalue weighted by molar-refractivity contribution is 0.660. The minimum absolute atomic E-state index is 0.230. The number of aryl methyl sites for hydroxylation is 1. The number of fused-ring (bicyclic) bond motifs is 1. The average molecular weight is 301 g/mol. The van der Waals surface area contributed by atoms with Gasteiger partial charge in [0.2, 0.25) is 0 Å². The van der Waals surface area contributed by atoms with Gasteiger partial charge in [-0.25, -0.2) is 4.79 Å². The highest BCUT2D eigenvalue weighted by Gasteiger charge is 2.10. The molecule has 0 atom stereocenters. The Kier molecular flexibility index (Phi) is 3.39. The summed E-state index contributed by atoms with van der Waals surface area (Å²) in [6.45, 7) is 0.230. The maximum Gasteiger partial charge on any atom is 0.331 e. The Morgan fingerprint density at radius 3 is 2.38 bits per heavy atom. The molecule has 1 aromatic heterocycles. The molecule has 4 nitrogen and oxygen atoms in total. The van der Waals surface area contributed by atoms with Crippen LogP contribution < -0.4 is 11.2 Å². The molecule has 0 spiro atoms. The van der Waals surface area contributed by atoms with Crippen LogP contribution in [0.2, 0.25) is 5.02 Å². The van der Waals surface area contributed by atoms with Gasteiger partial charge in [0.1, 0.15) is 0 Å². The van der Waals surface area contributed by atoms with Crippen molar-refractivity contribution >= 4 is 22.5 Å². The minimum atomic E-state index is -0.325. The van der Waals surface area contributed by atoms with Gasteiger partial charge < -0.3 is 0 Å². The molecule has 106 valence electrons. The van der Waals surface area contributed by atoms with Crippen molar-refractivity contribution in [2.75, 3.05) is 0 Å². The van der Waals surface area contributed by atoms with Crippen LogP contribution in [0, 0.1) is 0 Å². The van der Waals surface area contributed by atoms with E-state index in [9.17, 15) is 9.59 Å². The summed E-state index contributed by atoms with van der Waals surface area (Å²) < 4.78 is 2.73. The Hall–Kier alpha value is -2.33. The van der Waals surface area contributed by atoms with Gasteiger partial charge in [0.25, 0.3) is 5.56 Å². The lowest BCUT2D eigenvalue weighted by atomic mass is 10.2. The van der Waals surface area contributed by atoms with E-state index >= 15 is 0 Å². The van der Waals surface area contributed by atoms with Gasteiger partial charge in [-0.1, -0.05) is 35.9 Å². The molecule has 0 N–H and O–H groups in total. The number of nitrogens with zero attached hydrogens (tertiary/aromatic N) is 2. The van der Waals surface area contributed by atoms with Gasteiger partial charge in [-0.2, -0.15) is 0 Å². The van der Waals surface area contributed by atoms with Gasteiger partial charge in [0, 0.05) is 12.1 Å². The first-order valence-corrected chi connectivity index (χ1v) is 6.89. The number of benzene rings is 2. The van der Waals surface area contributed by atoms with Gasteiger partial charge in [0.05, 0.1) is 17.4 Å². The van der Waals surface area contributed by atoms with E-state index < -0.39 is 0 Å². The van der Waals surface area contributed by atoms with Crippen molar-refractivity contribution < 1.29 is 0 Å². The van der Waals surface area contributed by atoms with Crippen molar-refractivity contribution in [3.8, 4) is 0 Å². The zero-order chi connectivity index (χ0) is 15.0. The smallest absolute Gasteiger partial charge is 0.296 e. The lowest BCUT2D eigenvalue weighted by Gasteiger charge is -2.10. The van der Waals surface area contributed by atoms with Crippen LogP contribution in [-0.4, -0.2) is 9.13 Å². The molecule has 1 heterocycles. The van der Waals surface area contributed by atoms with Crippen molar-refractivity contribution in [1.82, 2.24) is 9.13 Å². The van der Waals surface area contributed by atoms with Gasteiger partial charge in [-0.3, -0.25) is 13.9 Å². The molecule has 5 heteroatoms. The second kappa shape index (κ2) is 5.22. The molecule has 0 saturated heterocycles. The molecule has 0 bridgehead atoms. The van der Waals surface area contributed by atoms with Gasteiger partial charge in [0.15, 0.2) is 0 Å². The van der Waals surface area contributed by atoms with Crippen LogP contribution in [-0.2, 0) is 13.6 Å². The number of aromatic nitrogens is 2. The van der Waals surface area contributed by atoms with E-state index in [1.54, 1.807) is 37.4 Å². The molecule has 0 aliphatic heterocycles. The van der Waals surface area contributed by atoms with Crippen molar-refractivity contribution in [2.24, 2.45) is 7.05 Å². The van der Waals surface area contributed by atoms with Crippen LogP contribution in [0.1, 0.15) is 5.56 Å². The number of hydrogen-bond acceptors (Lipinski definition) is 2. The summed E-state index contributed by atoms with van der Waals surface area (Å²) in [5.41, 5.74) is 0.894. The Morgan fingerprint density at radius 2 is 1.67 bits per heavy atom. The molecule has 0 aliphatic carbocycles. The highest BCUT2D eigenvalue weighted by Crippen LogP contribution is 2.10. The van der Waals surface area contributed by atoms with E-state index in [1.165, 1.54) is 9.13 Å². The fourth-order valence-corrected chi connectivity index (χ4v) is 2.50. The Morgan fingerprint density at radius 1 is 1.00 bits per heavy atom. The molecule has 3 aromatic rings. The number of hydrogen-bond donors (Lipinski definition) is 0. The standard InChI is InChI=1S/C16H13ClN2O2/c1-18-14-5-3-2-4-13(14)15(20)19(16(18)21)10-11-6-8-12(17)9-7-11/h2-9H,10H2,1H3. The molecule has 0 amide bonds. The summed E-state index contributed by atoms with van der Waals surface area (Å²) in [6.07, 6.45) is 0. The maximum atomic E-state index is 12.5. The highest BCUT2D eigenvalue weighted by molar-refractivity contribution is 6.30. The maximum absolute atomic E-state index is 12.5.